The Balaban J connectivity index is 0.000000156. The Hall–Kier alpha value is -2.82. The molecular formula is C25H22ClN. The highest BCUT2D eigenvalue weighted by Gasteiger charge is 2.03. The summed E-state index contributed by atoms with van der Waals surface area (Å²) in [6.07, 6.45) is 0.493. The smallest absolute Gasteiger partial charge is 0.0670 e. The van der Waals surface area contributed by atoms with Gasteiger partial charge in [0.15, 0.2) is 0 Å². The molecule has 0 aliphatic rings. The quantitative estimate of drug-likeness (QED) is 0.344. The lowest BCUT2D eigenvalue weighted by atomic mass is 9.98. The van der Waals surface area contributed by atoms with Crippen molar-refractivity contribution in [3.63, 3.8) is 0 Å². The molecule has 0 heterocycles. The third-order valence-corrected chi connectivity index (χ3v) is 5.21. The summed E-state index contributed by atoms with van der Waals surface area (Å²) < 4.78 is 0. The molecule has 0 amide bonds. The van der Waals surface area contributed by atoms with Crippen LogP contribution in [0, 0.1) is 25.2 Å². The number of fused-ring (bicyclic) bond motifs is 2. The Bertz CT molecular complexity index is 1120. The van der Waals surface area contributed by atoms with E-state index in [4.69, 9.17) is 16.9 Å². The van der Waals surface area contributed by atoms with Crippen molar-refractivity contribution in [1.82, 2.24) is 0 Å². The van der Waals surface area contributed by atoms with Gasteiger partial charge < -0.3 is 0 Å². The SMILES string of the molecule is Cc1ccc2ccccc2c1CC#N.Cc1ccc2ccccc2c1CCl. The molecule has 0 aliphatic heterocycles. The molecule has 0 unspecified atom stereocenters. The lowest BCUT2D eigenvalue weighted by molar-refractivity contribution is 1.24. The summed E-state index contributed by atoms with van der Waals surface area (Å²) in [6, 6.07) is 27.2. The molecule has 0 N–H and O–H groups in total. The fourth-order valence-electron chi connectivity index (χ4n) is 3.38. The highest BCUT2D eigenvalue weighted by molar-refractivity contribution is 6.18. The van der Waals surface area contributed by atoms with Crippen LogP contribution in [-0.4, -0.2) is 0 Å². The Morgan fingerprint density at radius 1 is 0.704 bits per heavy atom. The van der Waals surface area contributed by atoms with Gasteiger partial charge >= 0.3 is 0 Å². The minimum Gasteiger partial charge on any atom is -0.198 e. The van der Waals surface area contributed by atoms with Crippen LogP contribution in [0.3, 0.4) is 0 Å². The van der Waals surface area contributed by atoms with Crippen LogP contribution in [-0.2, 0) is 12.3 Å². The number of halogens is 1. The molecule has 0 saturated carbocycles. The fourth-order valence-corrected chi connectivity index (χ4v) is 3.74. The van der Waals surface area contributed by atoms with Crippen LogP contribution in [0.15, 0.2) is 72.8 Å². The zero-order valence-corrected chi connectivity index (χ0v) is 16.4. The summed E-state index contributed by atoms with van der Waals surface area (Å²) in [4.78, 5) is 0. The van der Waals surface area contributed by atoms with Crippen molar-refractivity contribution in [1.29, 1.82) is 5.26 Å². The summed E-state index contributed by atoms with van der Waals surface area (Å²) in [7, 11) is 0. The fraction of sp³-hybridized carbons (Fsp3) is 0.160. The van der Waals surface area contributed by atoms with Crippen molar-refractivity contribution < 1.29 is 0 Å². The second-order valence-electron chi connectivity index (χ2n) is 6.63. The van der Waals surface area contributed by atoms with Crippen LogP contribution < -0.4 is 0 Å². The normalized spacial score (nSPS) is 10.3. The number of nitrogens with zero attached hydrogens (tertiary/aromatic N) is 1. The van der Waals surface area contributed by atoms with Gasteiger partial charge in [-0.2, -0.15) is 5.26 Å². The molecule has 2 heteroatoms. The number of rotatable bonds is 2. The van der Waals surface area contributed by atoms with Crippen LogP contribution in [0.4, 0.5) is 0 Å². The van der Waals surface area contributed by atoms with Gasteiger partial charge in [0, 0.05) is 5.88 Å². The monoisotopic (exact) mass is 371 g/mol. The number of benzene rings is 4. The Morgan fingerprint density at radius 2 is 1.19 bits per heavy atom. The molecule has 0 saturated heterocycles. The molecule has 0 radical (unpaired) electrons. The Morgan fingerprint density at radius 3 is 1.70 bits per heavy atom. The maximum Gasteiger partial charge on any atom is 0.0670 e. The molecule has 134 valence electrons. The van der Waals surface area contributed by atoms with Crippen LogP contribution in [0.1, 0.15) is 22.3 Å². The van der Waals surface area contributed by atoms with Crippen molar-refractivity contribution in [2.24, 2.45) is 0 Å². The van der Waals surface area contributed by atoms with E-state index in [2.05, 4.69) is 80.6 Å². The number of alkyl halides is 1. The van der Waals surface area contributed by atoms with Gasteiger partial charge in [0.05, 0.1) is 12.5 Å². The van der Waals surface area contributed by atoms with Gasteiger partial charge in [-0.1, -0.05) is 72.8 Å². The highest BCUT2D eigenvalue weighted by atomic mass is 35.5. The predicted molar refractivity (Wildman–Crippen MR) is 116 cm³/mol. The molecule has 0 bridgehead atoms. The highest BCUT2D eigenvalue weighted by Crippen LogP contribution is 2.23. The van der Waals surface area contributed by atoms with E-state index in [1.54, 1.807) is 0 Å². The van der Waals surface area contributed by atoms with Gasteiger partial charge in [-0.05, 0) is 57.6 Å². The van der Waals surface area contributed by atoms with Crippen LogP contribution in [0.2, 0.25) is 0 Å². The van der Waals surface area contributed by atoms with Gasteiger partial charge in [0.1, 0.15) is 0 Å². The summed E-state index contributed by atoms with van der Waals surface area (Å²) >= 11 is 5.91. The van der Waals surface area contributed by atoms with Gasteiger partial charge in [-0.25, -0.2) is 0 Å². The first-order valence-electron chi connectivity index (χ1n) is 9.03. The Labute approximate surface area is 165 Å². The molecule has 27 heavy (non-hydrogen) atoms. The standard InChI is InChI=1S/C13H11N.C12H11Cl/c1-10-6-7-11-4-2-3-5-13(11)12(10)8-9-14;1-9-6-7-10-4-2-3-5-11(10)12(9)8-13/h2-7H,8H2,1H3;2-7H,8H2,1H3. The molecule has 4 aromatic rings. The summed E-state index contributed by atoms with van der Waals surface area (Å²) in [5.74, 6) is 0.590. The minimum absolute atomic E-state index is 0.493. The minimum atomic E-state index is 0.493. The first-order chi connectivity index (χ1) is 13.2. The van der Waals surface area contributed by atoms with Crippen LogP contribution in [0.25, 0.3) is 21.5 Å². The van der Waals surface area contributed by atoms with Gasteiger partial charge in [-0.15, -0.1) is 11.6 Å². The van der Waals surface area contributed by atoms with E-state index in [9.17, 15) is 0 Å². The first kappa shape index (κ1) is 19.0. The van der Waals surface area contributed by atoms with Crippen LogP contribution in [0.5, 0.6) is 0 Å². The molecular weight excluding hydrogens is 350 g/mol. The summed E-state index contributed by atoms with van der Waals surface area (Å²) in [5.41, 5.74) is 4.88. The molecule has 0 aromatic heterocycles. The third kappa shape index (κ3) is 4.13. The van der Waals surface area contributed by atoms with E-state index in [1.807, 2.05) is 12.1 Å². The third-order valence-electron chi connectivity index (χ3n) is 4.94. The first-order valence-corrected chi connectivity index (χ1v) is 9.56. The molecule has 0 fully saturated rings. The molecule has 0 spiro atoms. The molecule has 0 aliphatic carbocycles. The van der Waals surface area contributed by atoms with E-state index in [-0.39, 0.29) is 0 Å². The largest absolute Gasteiger partial charge is 0.198 e. The van der Waals surface area contributed by atoms with Gasteiger partial charge in [0.25, 0.3) is 0 Å². The van der Waals surface area contributed by atoms with Gasteiger partial charge in [0.2, 0.25) is 0 Å². The van der Waals surface area contributed by atoms with Crippen molar-refractivity contribution in [3.8, 4) is 6.07 Å². The number of hydrogen-bond donors (Lipinski definition) is 0. The lowest BCUT2D eigenvalue weighted by Crippen LogP contribution is -1.89. The predicted octanol–water partition coefficient (Wildman–Crippen LogP) is 7.10. The second kappa shape index (κ2) is 8.71. The van der Waals surface area contributed by atoms with Gasteiger partial charge in [-0.3, -0.25) is 0 Å². The van der Waals surface area contributed by atoms with Crippen molar-refractivity contribution in [3.05, 3.63) is 95.1 Å². The number of aryl methyl sites for hydroxylation is 2. The van der Waals surface area contributed by atoms with Crippen molar-refractivity contribution in [2.45, 2.75) is 26.1 Å². The molecule has 1 nitrogen and oxygen atoms in total. The van der Waals surface area contributed by atoms with Crippen molar-refractivity contribution in [2.75, 3.05) is 0 Å². The van der Waals surface area contributed by atoms with Crippen LogP contribution >= 0.6 is 11.6 Å². The average Bonchev–Trinajstić information content (AvgIpc) is 2.71. The maximum absolute atomic E-state index is 8.75. The lowest BCUT2D eigenvalue weighted by Gasteiger charge is -2.06. The Kier molecular flexibility index (Phi) is 6.12. The van der Waals surface area contributed by atoms with E-state index in [0.29, 0.717) is 12.3 Å². The van der Waals surface area contributed by atoms with E-state index in [1.165, 1.54) is 38.2 Å². The van der Waals surface area contributed by atoms with Crippen molar-refractivity contribution >= 4 is 33.1 Å². The number of nitriles is 1. The molecule has 4 aromatic carbocycles. The maximum atomic E-state index is 8.75. The number of hydrogen-bond acceptors (Lipinski definition) is 1. The van der Waals surface area contributed by atoms with E-state index < -0.39 is 0 Å². The van der Waals surface area contributed by atoms with E-state index >= 15 is 0 Å². The average molecular weight is 372 g/mol. The zero-order chi connectivity index (χ0) is 19.2. The second-order valence-corrected chi connectivity index (χ2v) is 6.90. The summed E-state index contributed by atoms with van der Waals surface area (Å²) in [5, 5.41) is 13.7. The zero-order valence-electron chi connectivity index (χ0n) is 15.7. The topological polar surface area (TPSA) is 23.8 Å². The summed E-state index contributed by atoms with van der Waals surface area (Å²) in [6.45, 7) is 4.16. The molecule has 4 rings (SSSR count). The molecule has 0 atom stereocenters. The van der Waals surface area contributed by atoms with E-state index in [0.717, 1.165) is 5.56 Å².